The number of halogens is 1. The predicted molar refractivity (Wildman–Crippen MR) is 79.9 cm³/mol. The van der Waals surface area contributed by atoms with E-state index in [1.54, 1.807) is 23.0 Å². The molecule has 0 aliphatic carbocycles. The van der Waals surface area contributed by atoms with Gasteiger partial charge in [0.15, 0.2) is 11.3 Å². The minimum Gasteiger partial charge on any atom is -0.365 e. The zero-order chi connectivity index (χ0) is 14.4. The molecule has 1 amide bonds. The molecule has 106 valence electrons. The van der Waals surface area contributed by atoms with Crippen LogP contribution < -0.4 is 0 Å². The molecular weight excluding hydrogens is 334 g/mol. The van der Waals surface area contributed by atoms with Gasteiger partial charge in [0, 0.05) is 49.9 Å². The Bertz CT molecular complexity index is 837. The van der Waals surface area contributed by atoms with Gasteiger partial charge in [0.25, 0.3) is 5.91 Å². The molecule has 0 aromatic carbocycles. The molecule has 0 atom stereocenters. The van der Waals surface area contributed by atoms with E-state index < -0.39 is 0 Å². The predicted octanol–water partition coefficient (Wildman–Crippen LogP) is 2.02. The zero-order valence-corrected chi connectivity index (χ0v) is 12.7. The van der Waals surface area contributed by atoms with Gasteiger partial charge in [0.2, 0.25) is 0 Å². The number of aromatic nitrogens is 4. The molecule has 0 unspecified atom stereocenters. The largest absolute Gasteiger partial charge is 0.365 e. The lowest BCUT2D eigenvalue weighted by Gasteiger charge is -2.26. The summed E-state index contributed by atoms with van der Waals surface area (Å²) in [5.74, 6) is -0.0523. The average molecular weight is 346 g/mol. The van der Waals surface area contributed by atoms with E-state index in [1.807, 2.05) is 17.2 Å². The minimum absolute atomic E-state index is 0.0523. The first-order chi connectivity index (χ1) is 10.2. The van der Waals surface area contributed by atoms with Gasteiger partial charge in [-0.25, -0.2) is 9.50 Å². The lowest BCUT2D eigenvalue weighted by Crippen LogP contribution is -2.35. The first kappa shape index (κ1) is 12.6. The Hall–Kier alpha value is -2.15. The van der Waals surface area contributed by atoms with Gasteiger partial charge in [0.1, 0.15) is 0 Å². The highest BCUT2D eigenvalue weighted by molar-refractivity contribution is 9.10. The molecule has 4 heterocycles. The van der Waals surface area contributed by atoms with Gasteiger partial charge in [-0.3, -0.25) is 4.79 Å². The number of nitrogens with zero attached hydrogens (tertiary/aromatic N) is 4. The van der Waals surface area contributed by atoms with E-state index in [2.05, 4.69) is 31.0 Å². The van der Waals surface area contributed by atoms with Crippen LogP contribution in [0.25, 0.3) is 5.65 Å². The van der Waals surface area contributed by atoms with Crippen LogP contribution in [0.15, 0.2) is 35.2 Å². The third-order valence-corrected chi connectivity index (χ3v) is 4.12. The monoisotopic (exact) mass is 345 g/mol. The fraction of sp³-hybridized carbons (Fsp3) is 0.214. The summed E-state index contributed by atoms with van der Waals surface area (Å²) in [5, 5.41) is 4.32. The molecule has 3 aromatic heterocycles. The summed E-state index contributed by atoms with van der Waals surface area (Å²) < 4.78 is 2.44. The van der Waals surface area contributed by atoms with Crippen LogP contribution in [-0.4, -0.2) is 36.9 Å². The van der Waals surface area contributed by atoms with Crippen molar-refractivity contribution in [3.05, 3.63) is 52.1 Å². The standard InChI is InChI=1S/C14H12BrN5O/c15-10-6-17-13-5-12(18-20(13)8-10)14(21)19-4-2-11-9(7-19)1-3-16-11/h1,3,5-6,8,16H,2,4,7H2. The van der Waals surface area contributed by atoms with Gasteiger partial charge < -0.3 is 9.88 Å². The molecule has 6 nitrogen and oxygen atoms in total. The summed E-state index contributed by atoms with van der Waals surface area (Å²) in [6.07, 6.45) is 6.26. The first-order valence-corrected chi connectivity index (χ1v) is 7.45. The van der Waals surface area contributed by atoms with E-state index in [9.17, 15) is 4.79 Å². The number of aromatic amines is 1. The van der Waals surface area contributed by atoms with Crippen LogP contribution in [0.2, 0.25) is 0 Å². The molecule has 0 radical (unpaired) electrons. The third-order valence-electron chi connectivity index (χ3n) is 3.71. The SMILES string of the molecule is O=C(c1cc2ncc(Br)cn2n1)N1CCc2[nH]ccc2C1. The molecule has 1 aliphatic rings. The summed E-state index contributed by atoms with van der Waals surface area (Å²) in [7, 11) is 0. The third kappa shape index (κ3) is 2.13. The van der Waals surface area contributed by atoms with Gasteiger partial charge in [-0.2, -0.15) is 5.10 Å². The smallest absolute Gasteiger partial charge is 0.274 e. The van der Waals surface area contributed by atoms with E-state index in [0.717, 1.165) is 10.9 Å². The molecule has 0 saturated heterocycles. The summed E-state index contributed by atoms with van der Waals surface area (Å²) in [6, 6.07) is 3.75. The highest BCUT2D eigenvalue weighted by Crippen LogP contribution is 2.19. The van der Waals surface area contributed by atoms with Gasteiger partial charge in [-0.1, -0.05) is 0 Å². The molecule has 1 N–H and O–H groups in total. The number of fused-ring (bicyclic) bond motifs is 2. The van der Waals surface area contributed by atoms with E-state index in [1.165, 1.54) is 11.3 Å². The second kappa shape index (κ2) is 4.70. The normalized spacial score (nSPS) is 14.4. The van der Waals surface area contributed by atoms with Gasteiger partial charge in [-0.05, 0) is 27.6 Å². The van der Waals surface area contributed by atoms with Crippen molar-refractivity contribution < 1.29 is 4.79 Å². The van der Waals surface area contributed by atoms with Crippen molar-refractivity contribution in [3.8, 4) is 0 Å². The Morgan fingerprint density at radius 3 is 3.24 bits per heavy atom. The van der Waals surface area contributed by atoms with Crippen molar-refractivity contribution in [1.82, 2.24) is 24.5 Å². The number of H-pyrrole nitrogens is 1. The minimum atomic E-state index is -0.0523. The average Bonchev–Trinajstić information content (AvgIpc) is 3.11. The van der Waals surface area contributed by atoms with E-state index in [-0.39, 0.29) is 5.91 Å². The molecular formula is C14H12BrN5O. The van der Waals surface area contributed by atoms with Crippen LogP contribution in [0, 0.1) is 0 Å². The summed E-state index contributed by atoms with van der Waals surface area (Å²) in [4.78, 5) is 21.9. The molecule has 0 bridgehead atoms. The van der Waals surface area contributed by atoms with Crippen LogP contribution in [0.4, 0.5) is 0 Å². The second-order valence-corrected chi connectivity index (χ2v) is 5.98. The molecule has 21 heavy (non-hydrogen) atoms. The lowest BCUT2D eigenvalue weighted by molar-refractivity contribution is 0.0728. The number of amides is 1. The summed E-state index contributed by atoms with van der Waals surface area (Å²) >= 11 is 3.35. The van der Waals surface area contributed by atoms with Crippen LogP contribution in [0.5, 0.6) is 0 Å². The Balaban J connectivity index is 1.64. The Morgan fingerprint density at radius 2 is 2.33 bits per heavy atom. The van der Waals surface area contributed by atoms with E-state index in [0.29, 0.717) is 24.4 Å². The molecule has 4 rings (SSSR count). The Morgan fingerprint density at radius 1 is 1.43 bits per heavy atom. The van der Waals surface area contributed by atoms with Crippen molar-refractivity contribution in [2.24, 2.45) is 0 Å². The van der Waals surface area contributed by atoms with Crippen LogP contribution in [0.1, 0.15) is 21.7 Å². The van der Waals surface area contributed by atoms with Crippen LogP contribution in [-0.2, 0) is 13.0 Å². The van der Waals surface area contributed by atoms with Crippen molar-refractivity contribution in [2.45, 2.75) is 13.0 Å². The fourth-order valence-electron chi connectivity index (χ4n) is 2.64. The number of hydrogen-bond donors (Lipinski definition) is 1. The Kier molecular flexibility index (Phi) is 2.81. The van der Waals surface area contributed by atoms with E-state index >= 15 is 0 Å². The number of carbonyl (C=O) groups excluding carboxylic acids is 1. The van der Waals surface area contributed by atoms with Gasteiger partial charge in [0.05, 0.1) is 4.47 Å². The number of carbonyl (C=O) groups is 1. The van der Waals surface area contributed by atoms with Crippen LogP contribution >= 0.6 is 15.9 Å². The second-order valence-electron chi connectivity index (χ2n) is 5.06. The maximum Gasteiger partial charge on any atom is 0.274 e. The van der Waals surface area contributed by atoms with Gasteiger partial charge in [-0.15, -0.1) is 0 Å². The van der Waals surface area contributed by atoms with Crippen molar-refractivity contribution in [2.75, 3.05) is 6.54 Å². The molecule has 1 aliphatic heterocycles. The fourth-order valence-corrected chi connectivity index (χ4v) is 2.94. The van der Waals surface area contributed by atoms with Crippen LogP contribution in [0.3, 0.4) is 0 Å². The molecule has 3 aromatic rings. The quantitative estimate of drug-likeness (QED) is 0.733. The Labute approximate surface area is 128 Å². The van der Waals surface area contributed by atoms with Crippen molar-refractivity contribution in [1.29, 1.82) is 0 Å². The highest BCUT2D eigenvalue weighted by Gasteiger charge is 2.24. The highest BCUT2D eigenvalue weighted by atomic mass is 79.9. The molecule has 0 fully saturated rings. The lowest BCUT2D eigenvalue weighted by atomic mass is 10.1. The number of rotatable bonds is 1. The molecule has 7 heteroatoms. The van der Waals surface area contributed by atoms with E-state index in [4.69, 9.17) is 0 Å². The van der Waals surface area contributed by atoms with Gasteiger partial charge >= 0.3 is 0 Å². The summed E-state index contributed by atoms with van der Waals surface area (Å²) in [6.45, 7) is 1.33. The first-order valence-electron chi connectivity index (χ1n) is 6.66. The maximum atomic E-state index is 12.6. The maximum absolute atomic E-state index is 12.6. The topological polar surface area (TPSA) is 66.3 Å². The van der Waals surface area contributed by atoms with Crippen molar-refractivity contribution >= 4 is 27.5 Å². The zero-order valence-electron chi connectivity index (χ0n) is 11.1. The number of hydrogen-bond acceptors (Lipinski definition) is 3. The molecule has 0 spiro atoms. The molecule has 0 saturated carbocycles. The summed E-state index contributed by atoms with van der Waals surface area (Å²) in [5.41, 5.74) is 3.50. The van der Waals surface area contributed by atoms with Crippen molar-refractivity contribution in [3.63, 3.8) is 0 Å². The number of nitrogens with one attached hydrogen (secondary N) is 1.